The third-order valence-corrected chi connectivity index (χ3v) is 3.09. The lowest BCUT2D eigenvalue weighted by atomic mass is 10.2. The highest BCUT2D eigenvalue weighted by molar-refractivity contribution is 5.94. The summed E-state index contributed by atoms with van der Waals surface area (Å²) in [6.45, 7) is 3.06. The second-order valence-electron chi connectivity index (χ2n) is 4.76. The molecule has 1 aromatic carbocycles. The zero-order valence-electron chi connectivity index (χ0n) is 12.1. The van der Waals surface area contributed by atoms with Crippen LogP contribution in [-0.4, -0.2) is 37.7 Å². The van der Waals surface area contributed by atoms with Crippen molar-refractivity contribution in [3.8, 4) is 5.75 Å². The summed E-state index contributed by atoms with van der Waals surface area (Å²) < 4.78 is 10.6. The minimum absolute atomic E-state index is 0.0184. The van der Waals surface area contributed by atoms with Crippen LogP contribution in [0.2, 0.25) is 0 Å². The van der Waals surface area contributed by atoms with Gasteiger partial charge in [-0.25, -0.2) is 0 Å². The van der Waals surface area contributed by atoms with Gasteiger partial charge in [-0.2, -0.15) is 0 Å². The van der Waals surface area contributed by atoms with Crippen LogP contribution in [-0.2, 0) is 14.3 Å². The molecule has 1 fully saturated rings. The van der Waals surface area contributed by atoms with Gasteiger partial charge in [0.25, 0.3) is 11.8 Å². The van der Waals surface area contributed by atoms with Gasteiger partial charge in [-0.3, -0.25) is 9.59 Å². The molecule has 0 spiro atoms. The minimum atomic E-state index is -0.348. The van der Waals surface area contributed by atoms with E-state index in [-0.39, 0.29) is 24.5 Å². The van der Waals surface area contributed by atoms with Gasteiger partial charge in [-0.05, 0) is 44.0 Å². The Balaban J connectivity index is 1.81. The fraction of sp³-hybridized carbons (Fsp3) is 0.467. The van der Waals surface area contributed by atoms with Crippen LogP contribution < -0.4 is 15.4 Å². The molecule has 0 radical (unpaired) electrons. The highest BCUT2D eigenvalue weighted by Gasteiger charge is 2.23. The second-order valence-corrected chi connectivity index (χ2v) is 4.76. The van der Waals surface area contributed by atoms with Gasteiger partial charge < -0.3 is 20.1 Å². The molecular weight excluding hydrogens is 272 g/mol. The summed E-state index contributed by atoms with van der Waals surface area (Å²) in [5.41, 5.74) is 0.681. The zero-order valence-corrected chi connectivity index (χ0v) is 12.1. The maximum atomic E-state index is 11.9. The number of amides is 2. The predicted molar refractivity (Wildman–Crippen MR) is 78.2 cm³/mol. The maximum absolute atomic E-state index is 11.9. The first-order valence-corrected chi connectivity index (χ1v) is 7.11. The summed E-state index contributed by atoms with van der Waals surface area (Å²) >= 11 is 0. The molecule has 0 aliphatic carbocycles. The molecule has 0 saturated carbocycles. The molecule has 1 aliphatic rings. The van der Waals surface area contributed by atoms with Crippen LogP contribution >= 0.6 is 0 Å². The third-order valence-electron chi connectivity index (χ3n) is 3.09. The van der Waals surface area contributed by atoms with Crippen molar-refractivity contribution in [1.82, 2.24) is 5.32 Å². The van der Waals surface area contributed by atoms with Gasteiger partial charge in [0, 0.05) is 18.8 Å². The lowest BCUT2D eigenvalue weighted by Gasteiger charge is -2.11. The molecule has 1 heterocycles. The first-order chi connectivity index (χ1) is 10.2. The molecule has 1 aliphatic heterocycles. The number of anilines is 1. The van der Waals surface area contributed by atoms with E-state index in [1.807, 2.05) is 6.92 Å². The molecule has 1 atom stereocenters. The number of rotatable bonds is 6. The number of benzene rings is 1. The first-order valence-electron chi connectivity index (χ1n) is 7.11. The van der Waals surface area contributed by atoms with E-state index in [1.165, 1.54) is 0 Å². The van der Waals surface area contributed by atoms with Crippen LogP contribution in [0.4, 0.5) is 5.69 Å². The van der Waals surface area contributed by atoms with Gasteiger partial charge in [0.15, 0.2) is 6.61 Å². The first kappa shape index (κ1) is 15.3. The van der Waals surface area contributed by atoms with Crippen LogP contribution in [0.15, 0.2) is 24.3 Å². The molecule has 2 N–H and O–H groups in total. The van der Waals surface area contributed by atoms with E-state index in [9.17, 15) is 9.59 Å². The molecule has 1 saturated heterocycles. The fourth-order valence-electron chi connectivity index (χ4n) is 2.04. The van der Waals surface area contributed by atoms with Crippen LogP contribution in [0.1, 0.15) is 19.8 Å². The van der Waals surface area contributed by atoms with Gasteiger partial charge in [0.2, 0.25) is 0 Å². The minimum Gasteiger partial charge on any atom is -0.484 e. The maximum Gasteiger partial charge on any atom is 0.257 e. The van der Waals surface area contributed by atoms with E-state index in [2.05, 4.69) is 10.6 Å². The van der Waals surface area contributed by atoms with Gasteiger partial charge in [0.05, 0.1) is 0 Å². The average molecular weight is 292 g/mol. The highest BCUT2D eigenvalue weighted by Crippen LogP contribution is 2.18. The molecule has 1 unspecified atom stereocenters. The Morgan fingerprint density at radius 2 is 2.10 bits per heavy atom. The summed E-state index contributed by atoms with van der Waals surface area (Å²) in [7, 11) is 0. The van der Waals surface area contributed by atoms with Gasteiger partial charge in [-0.15, -0.1) is 0 Å². The van der Waals surface area contributed by atoms with E-state index in [4.69, 9.17) is 9.47 Å². The van der Waals surface area contributed by atoms with Gasteiger partial charge in [-0.1, -0.05) is 0 Å². The number of carbonyl (C=O) groups excluding carboxylic acids is 2. The Labute approximate surface area is 123 Å². The normalized spacial score (nSPS) is 17.3. The summed E-state index contributed by atoms with van der Waals surface area (Å²) in [6.07, 6.45) is 1.34. The van der Waals surface area contributed by atoms with Crippen molar-refractivity contribution in [3.63, 3.8) is 0 Å². The van der Waals surface area contributed by atoms with E-state index >= 15 is 0 Å². The molecule has 114 valence electrons. The van der Waals surface area contributed by atoms with E-state index < -0.39 is 0 Å². The molecule has 1 aromatic rings. The number of ether oxygens (including phenoxy) is 2. The molecule has 2 amide bonds. The van der Waals surface area contributed by atoms with E-state index in [0.717, 1.165) is 12.8 Å². The summed E-state index contributed by atoms with van der Waals surface area (Å²) in [6, 6.07) is 6.90. The SMILES string of the molecule is CCNC(=O)COc1ccc(NC(=O)C2CCCO2)cc1. The summed E-state index contributed by atoms with van der Waals surface area (Å²) in [4.78, 5) is 23.1. The molecule has 0 bridgehead atoms. The average Bonchev–Trinajstić information content (AvgIpc) is 3.01. The molecule has 0 aromatic heterocycles. The zero-order chi connectivity index (χ0) is 15.1. The molecule has 21 heavy (non-hydrogen) atoms. The Bertz CT molecular complexity index is 481. The second kappa shape index (κ2) is 7.64. The monoisotopic (exact) mass is 292 g/mol. The number of likely N-dealkylation sites (N-methyl/N-ethyl adjacent to an activating group) is 1. The Hall–Kier alpha value is -2.08. The summed E-state index contributed by atoms with van der Waals surface area (Å²) in [5.74, 6) is 0.299. The number of nitrogens with one attached hydrogen (secondary N) is 2. The molecule has 2 rings (SSSR count). The van der Waals surface area contributed by atoms with Crippen LogP contribution in [0.25, 0.3) is 0 Å². The Morgan fingerprint density at radius 3 is 2.71 bits per heavy atom. The lowest BCUT2D eigenvalue weighted by molar-refractivity contribution is -0.124. The molecular formula is C15H20N2O4. The van der Waals surface area contributed by atoms with E-state index in [1.54, 1.807) is 24.3 Å². The van der Waals surface area contributed by atoms with Crippen LogP contribution in [0.3, 0.4) is 0 Å². The third kappa shape index (κ3) is 4.75. The quantitative estimate of drug-likeness (QED) is 0.829. The van der Waals surface area contributed by atoms with Crippen LogP contribution in [0.5, 0.6) is 5.75 Å². The van der Waals surface area contributed by atoms with Crippen molar-refractivity contribution in [3.05, 3.63) is 24.3 Å². The topological polar surface area (TPSA) is 76.7 Å². The smallest absolute Gasteiger partial charge is 0.257 e. The highest BCUT2D eigenvalue weighted by atomic mass is 16.5. The number of carbonyl (C=O) groups is 2. The van der Waals surface area contributed by atoms with Crippen molar-refractivity contribution < 1.29 is 19.1 Å². The van der Waals surface area contributed by atoms with Crippen molar-refractivity contribution in [2.24, 2.45) is 0 Å². The van der Waals surface area contributed by atoms with Gasteiger partial charge >= 0.3 is 0 Å². The number of hydrogen-bond acceptors (Lipinski definition) is 4. The van der Waals surface area contributed by atoms with Crippen LogP contribution in [0, 0.1) is 0 Å². The predicted octanol–water partition coefficient (Wildman–Crippen LogP) is 1.32. The largest absolute Gasteiger partial charge is 0.484 e. The van der Waals surface area contributed by atoms with Gasteiger partial charge in [0.1, 0.15) is 11.9 Å². The lowest BCUT2D eigenvalue weighted by Crippen LogP contribution is -2.28. The van der Waals surface area contributed by atoms with Crippen molar-refractivity contribution in [1.29, 1.82) is 0 Å². The van der Waals surface area contributed by atoms with Crippen molar-refractivity contribution >= 4 is 17.5 Å². The molecule has 6 heteroatoms. The standard InChI is InChI=1S/C15H20N2O4/c1-2-16-14(18)10-21-12-7-5-11(6-8-12)17-15(19)13-4-3-9-20-13/h5-8,13H,2-4,9-10H2,1H3,(H,16,18)(H,17,19). The Morgan fingerprint density at radius 1 is 1.33 bits per heavy atom. The fourth-order valence-corrected chi connectivity index (χ4v) is 2.04. The Kier molecular flexibility index (Phi) is 5.57. The summed E-state index contributed by atoms with van der Waals surface area (Å²) in [5, 5.41) is 5.45. The van der Waals surface area contributed by atoms with Crippen molar-refractivity contribution in [2.75, 3.05) is 25.1 Å². The number of hydrogen-bond donors (Lipinski definition) is 2. The van der Waals surface area contributed by atoms with E-state index in [0.29, 0.717) is 24.6 Å². The van der Waals surface area contributed by atoms with Crippen molar-refractivity contribution in [2.45, 2.75) is 25.9 Å². The molecule has 6 nitrogen and oxygen atoms in total.